The van der Waals surface area contributed by atoms with Crippen LogP contribution < -0.4 is 85.5 Å². The van der Waals surface area contributed by atoms with E-state index < -0.39 is 18.5 Å². The standard InChI is InChI=1S/C25H25N3O3.C18H17ClN2O3.C10H12O3.C8H5ClN2O2.C8H7ClN2O.C7H10BNO2.C5H9ClO2.C5H11NO.CH4.B.ClH.2Na.H2O.H/c1-2-30-24(29)14-20-7-3-4-9-23(20)31-17-22-13-21(16-28-11-10-27-25(22)28)19-8-5-6-18(12-19)15-26;1-2-23-17(22)10-13-5-3-4-6-16(13)24-12-14-9-15(19)11-21-8-7-20-18(14)21;1-2-13-10(12)7-8-5-3-4-6-9(8)11;9-5-3-6(8(12)13)7-10-1-2-11(7)4-5;9-7-3-6(5-12)8-10-1-2-11(8)4-7;9-5-6-2-1-3-7(4-6)8(10)11;1-4(2)3-8-5(6)7;1-6-2-4-7-5-3-6;;;;;;;/h3-13,16H,2,14-15,17,26H2,1H3;3-9,11H,2,10,12H2,1H3;3-6,11H,2,7H2,1H3;1-4H,(H,12,13);1-4,12H,5H2;1-4,10-11H,5,9H2;4H,3H2,1-2H3;2-5H2,1H3;1H4;;1H;;;1H2;/q;;;;;;;;;;;2*+1;;-1/p-1. The van der Waals surface area contributed by atoms with E-state index in [1.165, 1.54) is 12.3 Å². The quantitative estimate of drug-likeness (QED) is 0.0138. The number of hydrogen-bond acceptors (Lipinski definition) is 24. The van der Waals surface area contributed by atoms with E-state index in [1.54, 1.807) is 128 Å². The summed E-state index contributed by atoms with van der Waals surface area (Å²) in [4.78, 5) is 74.4. The molecule has 9 heterocycles. The summed E-state index contributed by atoms with van der Waals surface area (Å²) >= 11 is 22.5. The molecule has 0 amide bonds. The fraction of sp³-hybridized carbons (Fsp3) is 0.276. The summed E-state index contributed by atoms with van der Waals surface area (Å²) < 4.78 is 43.6. The van der Waals surface area contributed by atoms with Gasteiger partial charge in [0, 0.05) is 154 Å². The van der Waals surface area contributed by atoms with Gasteiger partial charge in [-0.15, -0.1) is 12.4 Å². The molecule has 125 heavy (non-hydrogen) atoms. The molecule has 1 saturated heterocycles. The Morgan fingerprint density at radius 2 is 0.944 bits per heavy atom. The van der Waals surface area contributed by atoms with Crippen molar-refractivity contribution in [3.05, 3.63) is 285 Å². The van der Waals surface area contributed by atoms with Gasteiger partial charge in [0.15, 0.2) is 5.65 Å². The van der Waals surface area contributed by atoms with Crippen molar-refractivity contribution in [2.75, 3.05) is 59.8 Å². The number of esters is 3. The van der Waals surface area contributed by atoms with Gasteiger partial charge in [-0.3, -0.25) is 14.4 Å². The number of para-hydroxylation sites is 3. The molecular formula is C87H103B2Cl5N11Na2O18. The number of benzene rings is 5. The van der Waals surface area contributed by atoms with Crippen molar-refractivity contribution >= 4 is 132 Å². The fourth-order valence-corrected chi connectivity index (χ4v) is 11.9. The van der Waals surface area contributed by atoms with E-state index in [0.29, 0.717) is 102 Å². The van der Waals surface area contributed by atoms with Crippen LogP contribution in [0, 0.1) is 5.92 Å². The number of pyridine rings is 4. The number of phenols is 1. The maximum absolute atomic E-state index is 11.9. The molecule has 8 aromatic heterocycles. The van der Waals surface area contributed by atoms with Gasteiger partial charge in [0.1, 0.15) is 53.0 Å². The van der Waals surface area contributed by atoms with E-state index in [9.17, 15) is 29.1 Å². The third kappa shape index (κ3) is 38.9. The van der Waals surface area contributed by atoms with Gasteiger partial charge in [-0.25, -0.2) is 29.5 Å². The molecule has 3 radical (unpaired) electrons. The third-order valence-corrected chi connectivity index (χ3v) is 17.6. The number of ether oxygens (including phenoxy) is 7. The second kappa shape index (κ2) is 61.3. The van der Waals surface area contributed by atoms with Gasteiger partial charge in [0.2, 0.25) is 0 Å². The molecule has 38 heteroatoms. The molecule has 0 bridgehead atoms. The van der Waals surface area contributed by atoms with Gasteiger partial charge in [0.25, 0.3) is 0 Å². The van der Waals surface area contributed by atoms with E-state index in [1.807, 2.05) is 108 Å². The first-order valence-corrected chi connectivity index (χ1v) is 39.2. The second-order valence-corrected chi connectivity index (χ2v) is 27.9. The zero-order chi connectivity index (χ0) is 86.2. The molecule has 13 aromatic rings. The number of morpholine rings is 1. The summed E-state index contributed by atoms with van der Waals surface area (Å²) in [6.07, 6.45) is 21.6. The van der Waals surface area contributed by atoms with Gasteiger partial charge >= 0.3 is 95.5 Å². The van der Waals surface area contributed by atoms with E-state index in [0.717, 1.165) is 93.3 Å². The van der Waals surface area contributed by atoms with Crippen molar-refractivity contribution in [3.8, 4) is 28.4 Å². The Kier molecular flexibility index (Phi) is 55.9. The fourth-order valence-electron chi connectivity index (χ4n) is 11.2. The van der Waals surface area contributed by atoms with Crippen LogP contribution in [-0.4, -0.2) is 178 Å². The van der Waals surface area contributed by atoms with Gasteiger partial charge in [0.05, 0.1) is 80.6 Å². The van der Waals surface area contributed by atoms with E-state index >= 15 is 0 Å². The molecule has 0 spiro atoms. The van der Waals surface area contributed by atoms with E-state index in [4.69, 9.17) is 107 Å². The summed E-state index contributed by atoms with van der Waals surface area (Å²) in [5.41, 5.74) is 22.7. The number of rotatable bonds is 23. The first-order valence-electron chi connectivity index (χ1n) is 37.7. The Balaban J connectivity index is 0.00000147. The van der Waals surface area contributed by atoms with Crippen LogP contribution in [0.4, 0.5) is 4.79 Å². The number of hydrogen-bond donors (Lipinski definition) is 7. The van der Waals surface area contributed by atoms with Crippen molar-refractivity contribution in [3.63, 3.8) is 0 Å². The molecule has 5 aromatic carbocycles. The molecule has 14 rings (SSSR count). The van der Waals surface area contributed by atoms with Gasteiger partial charge in [-0.2, -0.15) is 0 Å². The number of aliphatic hydroxyl groups excluding tert-OH is 1. The van der Waals surface area contributed by atoms with Crippen LogP contribution in [0.5, 0.6) is 17.2 Å². The number of phenolic OH excluding ortho intramolecular Hbond substituents is 1. The monoisotopic (exact) mass is 1830 g/mol. The predicted octanol–water partition coefficient (Wildman–Crippen LogP) is 7.89. The molecule has 1 aliphatic rings. The summed E-state index contributed by atoms with van der Waals surface area (Å²) in [5, 5.41) is 46.2. The zero-order valence-electron chi connectivity index (χ0n) is 71.0. The molecule has 0 unspecified atom stereocenters. The number of carboxylic acids is 1. The minimum absolute atomic E-state index is 0. The van der Waals surface area contributed by atoms with Crippen LogP contribution in [0.2, 0.25) is 15.1 Å². The zero-order valence-corrected chi connectivity index (χ0v) is 77.9. The number of fused-ring (bicyclic) bond motifs is 4. The third-order valence-electron chi connectivity index (χ3n) is 16.8. The first-order chi connectivity index (χ1) is 57.3. The molecule has 0 aliphatic carbocycles. The number of aromatic nitrogens is 8. The molecule has 0 saturated carbocycles. The van der Waals surface area contributed by atoms with Crippen molar-refractivity contribution in [2.45, 2.75) is 94.2 Å². The van der Waals surface area contributed by atoms with Crippen molar-refractivity contribution < 1.29 is 149 Å². The normalized spacial score (nSPS) is 10.8. The van der Waals surface area contributed by atoms with Gasteiger partial charge in [-0.1, -0.05) is 153 Å². The van der Waals surface area contributed by atoms with Gasteiger partial charge < -0.3 is 99.4 Å². The molecule has 657 valence electrons. The number of carbonyl (C=O) groups is 5. The average Bonchev–Trinajstić information content (AvgIpc) is 1.61. The minimum Gasteiger partial charge on any atom is -1.00 e. The number of aromatic carboxylic acids is 1. The summed E-state index contributed by atoms with van der Waals surface area (Å²) in [6.45, 7) is 16.2. The molecule has 1 aliphatic heterocycles. The smallest absolute Gasteiger partial charge is 1.00 e. The van der Waals surface area contributed by atoms with Crippen LogP contribution in [0.3, 0.4) is 0 Å². The SMILES string of the molecule is C.CC(C)COC(=O)Cl.CCOC(=O)Cc1ccccc1O.CCOC(=O)Cc1ccccc1OCc1cc(-c2cccc(CN)c2)cn2ccnc12.CCOC(=O)Cc1ccccc1OCc1cc(Cl)cn2ccnc12.CN1CCOCC1.Cl.NCc1cccc(B(O)O)c1.O=C(O)c1cc(Cl)cn2ccnc12.OCc1cc(Cl)cn2ccnc12.[B].[H-].[Na+].[Na+].[OH-]. The first kappa shape index (κ1) is 114. The van der Waals surface area contributed by atoms with Crippen LogP contribution in [0.1, 0.15) is 98.3 Å². The molecular weight excluding hydrogens is 1730 g/mol. The van der Waals surface area contributed by atoms with E-state index in [-0.39, 0.29) is 149 Å². The number of nitrogens with two attached hydrogens (primary N) is 2. The number of aromatic hydroxyl groups is 1. The topological polar surface area (TPSA) is 406 Å². The Labute approximate surface area is 800 Å². The van der Waals surface area contributed by atoms with E-state index in [2.05, 4.69) is 61.0 Å². The summed E-state index contributed by atoms with van der Waals surface area (Å²) in [6, 6.07) is 43.8. The molecule has 0 atom stereocenters. The number of carboxylic acid groups (broad SMARTS) is 1. The molecule has 10 N–H and O–H groups in total. The number of imidazole rings is 4. The average molecular weight is 1840 g/mol. The number of likely N-dealkylation sites (N-methyl/N-ethyl adjacent to an activating group) is 1. The van der Waals surface area contributed by atoms with Crippen molar-refractivity contribution in [2.24, 2.45) is 17.4 Å². The molecule has 1 fully saturated rings. The Bertz CT molecular complexity index is 5410. The minimum atomic E-state index is -1.40. The number of aliphatic hydroxyl groups is 1. The predicted molar refractivity (Wildman–Crippen MR) is 480 cm³/mol. The second-order valence-electron chi connectivity index (χ2n) is 26.2. The maximum atomic E-state index is 11.9. The Hall–Kier alpha value is -9.13. The van der Waals surface area contributed by atoms with Crippen molar-refractivity contribution in [1.82, 2.24) is 42.4 Å². The maximum Gasteiger partial charge on any atom is 1.00 e. The Morgan fingerprint density at radius 3 is 1.37 bits per heavy atom. The Morgan fingerprint density at radius 1 is 0.536 bits per heavy atom. The van der Waals surface area contributed by atoms with Crippen LogP contribution in [0.15, 0.2) is 220 Å². The summed E-state index contributed by atoms with van der Waals surface area (Å²) in [7, 11) is 0.712. The number of carbonyl (C=O) groups excluding carboxylic acids is 4. The largest absolute Gasteiger partial charge is 1.00 e. The number of halogens is 5. The van der Waals surface area contributed by atoms with Crippen molar-refractivity contribution in [1.29, 1.82) is 0 Å². The molecule has 29 nitrogen and oxygen atoms in total. The number of nitrogens with zero attached hydrogens (tertiary/aromatic N) is 9. The van der Waals surface area contributed by atoms with Gasteiger partial charge in [-0.05, 0) is 110 Å². The summed E-state index contributed by atoms with van der Waals surface area (Å²) in [5.74, 6) is -0.0788. The van der Waals surface area contributed by atoms with Crippen LogP contribution in [-0.2, 0) is 90.2 Å². The van der Waals surface area contributed by atoms with Crippen LogP contribution in [0.25, 0.3) is 33.7 Å². The van der Waals surface area contributed by atoms with Crippen LogP contribution >= 0.6 is 58.8 Å².